The molecule has 6 nitrogen and oxygen atoms in total. The Morgan fingerprint density at radius 2 is 1.96 bits per heavy atom. The number of rotatable bonds is 4. The lowest BCUT2D eigenvalue weighted by Crippen LogP contribution is -2.40. The quantitative estimate of drug-likeness (QED) is 0.874. The van der Waals surface area contributed by atoms with Crippen LogP contribution in [-0.4, -0.2) is 60.3 Å². The van der Waals surface area contributed by atoms with Crippen molar-refractivity contribution >= 4 is 22.4 Å². The first-order valence-electron chi connectivity index (χ1n) is 9.52. The normalized spacial score (nSPS) is 18.1. The van der Waals surface area contributed by atoms with E-state index < -0.39 is 0 Å². The number of hydrogen-bond donors (Lipinski definition) is 1. The maximum absolute atomic E-state index is 12.9. The van der Waals surface area contributed by atoms with Crippen LogP contribution in [0.1, 0.15) is 36.0 Å². The summed E-state index contributed by atoms with van der Waals surface area (Å²) in [6, 6.07) is 5.54. The molecule has 1 aromatic carbocycles. The second-order valence-corrected chi connectivity index (χ2v) is 7.98. The fourth-order valence-electron chi connectivity index (χ4n) is 3.73. The predicted octanol–water partition coefficient (Wildman–Crippen LogP) is 3.02. The Labute approximate surface area is 163 Å². The van der Waals surface area contributed by atoms with Crippen LogP contribution in [0.4, 0.5) is 5.13 Å². The summed E-state index contributed by atoms with van der Waals surface area (Å²) in [7, 11) is 1.64. The Morgan fingerprint density at radius 1 is 1.22 bits per heavy atom. The number of amides is 1. The lowest BCUT2D eigenvalue weighted by molar-refractivity contribution is 0.0546. The molecule has 2 fully saturated rings. The van der Waals surface area contributed by atoms with Gasteiger partial charge in [0.1, 0.15) is 5.75 Å². The molecule has 2 aliphatic rings. The van der Waals surface area contributed by atoms with Gasteiger partial charge in [0, 0.05) is 42.7 Å². The standard InChI is InChI=1S/C20H25N3O3S/c1-26-18-5-4-14(19(25)22-10-6-15(24)7-11-22)12-16(18)17-13-27-20(21-17)23-8-2-3-9-23/h4-5,12-13,15,24H,2-3,6-11H2,1H3. The number of hydrogen-bond acceptors (Lipinski definition) is 6. The number of likely N-dealkylation sites (tertiary alicyclic amines) is 1. The molecule has 0 unspecified atom stereocenters. The van der Waals surface area contributed by atoms with E-state index in [9.17, 15) is 9.90 Å². The van der Waals surface area contributed by atoms with Gasteiger partial charge in [-0.1, -0.05) is 0 Å². The smallest absolute Gasteiger partial charge is 0.253 e. The van der Waals surface area contributed by atoms with Crippen molar-refractivity contribution in [1.82, 2.24) is 9.88 Å². The highest BCUT2D eigenvalue weighted by molar-refractivity contribution is 7.14. The van der Waals surface area contributed by atoms with Crippen LogP contribution in [0, 0.1) is 0 Å². The second-order valence-electron chi connectivity index (χ2n) is 7.15. The zero-order valence-corrected chi connectivity index (χ0v) is 16.4. The molecule has 2 aliphatic heterocycles. The molecule has 3 heterocycles. The number of ether oxygens (including phenoxy) is 1. The summed E-state index contributed by atoms with van der Waals surface area (Å²) in [5.74, 6) is 0.722. The SMILES string of the molecule is COc1ccc(C(=O)N2CCC(O)CC2)cc1-c1csc(N2CCCC2)n1. The molecule has 27 heavy (non-hydrogen) atoms. The maximum Gasteiger partial charge on any atom is 0.253 e. The average molecular weight is 388 g/mol. The second kappa shape index (κ2) is 7.86. The first-order chi connectivity index (χ1) is 13.2. The van der Waals surface area contributed by atoms with Crippen LogP contribution in [0.15, 0.2) is 23.6 Å². The van der Waals surface area contributed by atoms with Crippen LogP contribution in [0.2, 0.25) is 0 Å². The van der Waals surface area contributed by atoms with E-state index >= 15 is 0 Å². The molecule has 1 aromatic heterocycles. The molecule has 0 spiro atoms. The highest BCUT2D eigenvalue weighted by Crippen LogP contribution is 2.35. The summed E-state index contributed by atoms with van der Waals surface area (Å²) in [6.45, 7) is 3.31. The van der Waals surface area contributed by atoms with E-state index in [2.05, 4.69) is 4.90 Å². The molecular weight excluding hydrogens is 362 g/mol. The lowest BCUT2D eigenvalue weighted by atomic mass is 10.0. The van der Waals surface area contributed by atoms with Gasteiger partial charge in [-0.25, -0.2) is 4.98 Å². The van der Waals surface area contributed by atoms with Crippen molar-refractivity contribution in [2.24, 2.45) is 0 Å². The summed E-state index contributed by atoms with van der Waals surface area (Å²) in [4.78, 5) is 21.8. The van der Waals surface area contributed by atoms with Gasteiger partial charge >= 0.3 is 0 Å². The summed E-state index contributed by atoms with van der Waals surface area (Å²) in [5.41, 5.74) is 2.34. The Balaban J connectivity index is 1.60. The van der Waals surface area contributed by atoms with E-state index in [-0.39, 0.29) is 12.0 Å². The topological polar surface area (TPSA) is 65.9 Å². The Morgan fingerprint density at radius 3 is 2.67 bits per heavy atom. The number of aliphatic hydroxyl groups excluding tert-OH is 1. The minimum Gasteiger partial charge on any atom is -0.496 e. The number of aromatic nitrogens is 1. The number of anilines is 1. The summed E-state index contributed by atoms with van der Waals surface area (Å²) < 4.78 is 5.52. The van der Waals surface area contributed by atoms with E-state index in [4.69, 9.17) is 9.72 Å². The van der Waals surface area contributed by atoms with Crippen molar-refractivity contribution in [1.29, 1.82) is 0 Å². The molecule has 0 atom stereocenters. The van der Waals surface area contributed by atoms with Crippen molar-refractivity contribution in [2.75, 3.05) is 38.2 Å². The zero-order chi connectivity index (χ0) is 18.8. The van der Waals surface area contributed by atoms with Gasteiger partial charge in [0.05, 0.1) is 18.9 Å². The van der Waals surface area contributed by atoms with Crippen LogP contribution in [0.3, 0.4) is 0 Å². The van der Waals surface area contributed by atoms with Crippen molar-refractivity contribution < 1.29 is 14.6 Å². The van der Waals surface area contributed by atoms with Crippen LogP contribution in [-0.2, 0) is 0 Å². The fraction of sp³-hybridized carbons (Fsp3) is 0.500. The number of thiazole rings is 1. The monoisotopic (exact) mass is 387 g/mol. The Bertz CT molecular complexity index is 809. The van der Waals surface area contributed by atoms with Crippen molar-refractivity contribution in [3.8, 4) is 17.0 Å². The van der Waals surface area contributed by atoms with Crippen molar-refractivity contribution in [3.63, 3.8) is 0 Å². The van der Waals surface area contributed by atoms with Crippen LogP contribution >= 0.6 is 11.3 Å². The molecule has 2 aromatic rings. The summed E-state index contributed by atoms with van der Waals surface area (Å²) in [5, 5.41) is 12.7. The van der Waals surface area contributed by atoms with Gasteiger partial charge in [-0.05, 0) is 43.9 Å². The fourth-order valence-corrected chi connectivity index (χ4v) is 4.61. The van der Waals surface area contributed by atoms with Gasteiger partial charge in [-0.3, -0.25) is 4.79 Å². The minimum absolute atomic E-state index is 0.000740. The number of benzene rings is 1. The van der Waals surface area contributed by atoms with Crippen LogP contribution in [0.5, 0.6) is 5.75 Å². The number of aliphatic hydroxyl groups is 1. The zero-order valence-electron chi connectivity index (χ0n) is 15.6. The van der Waals surface area contributed by atoms with E-state index in [1.165, 1.54) is 12.8 Å². The largest absolute Gasteiger partial charge is 0.496 e. The first-order valence-corrected chi connectivity index (χ1v) is 10.4. The first kappa shape index (κ1) is 18.3. The molecular formula is C20H25N3O3S. The van der Waals surface area contributed by atoms with E-state index in [0.717, 1.165) is 35.2 Å². The number of piperidine rings is 1. The number of carbonyl (C=O) groups is 1. The van der Waals surface area contributed by atoms with Gasteiger partial charge in [0.25, 0.3) is 5.91 Å². The molecule has 1 N–H and O–H groups in total. The molecule has 2 saturated heterocycles. The lowest BCUT2D eigenvalue weighted by Gasteiger charge is -2.29. The predicted molar refractivity (Wildman–Crippen MR) is 107 cm³/mol. The average Bonchev–Trinajstić information content (AvgIpc) is 3.39. The number of methoxy groups -OCH3 is 1. The van der Waals surface area contributed by atoms with Gasteiger partial charge in [0.2, 0.25) is 0 Å². The number of nitrogens with zero attached hydrogens (tertiary/aromatic N) is 3. The van der Waals surface area contributed by atoms with Crippen molar-refractivity contribution in [2.45, 2.75) is 31.8 Å². The molecule has 0 saturated carbocycles. The molecule has 0 bridgehead atoms. The summed E-state index contributed by atoms with van der Waals surface area (Å²) in [6.07, 6.45) is 3.42. The van der Waals surface area contributed by atoms with E-state index in [1.54, 1.807) is 18.4 Å². The maximum atomic E-state index is 12.9. The molecule has 7 heteroatoms. The molecule has 1 amide bonds. The molecule has 0 aliphatic carbocycles. The highest BCUT2D eigenvalue weighted by atomic mass is 32.1. The molecule has 0 radical (unpaired) electrons. The molecule has 144 valence electrons. The highest BCUT2D eigenvalue weighted by Gasteiger charge is 2.24. The van der Waals surface area contributed by atoms with Gasteiger partial charge < -0.3 is 19.6 Å². The third-order valence-corrected chi connectivity index (χ3v) is 6.24. The number of carbonyl (C=O) groups excluding carboxylic acids is 1. The van der Waals surface area contributed by atoms with Gasteiger partial charge in [-0.2, -0.15) is 0 Å². The van der Waals surface area contributed by atoms with Crippen LogP contribution < -0.4 is 9.64 Å². The van der Waals surface area contributed by atoms with Gasteiger partial charge in [-0.15, -0.1) is 11.3 Å². The minimum atomic E-state index is -0.292. The Kier molecular flexibility index (Phi) is 5.31. The van der Waals surface area contributed by atoms with Gasteiger partial charge in [0.15, 0.2) is 5.13 Å². The summed E-state index contributed by atoms with van der Waals surface area (Å²) >= 11 is 1.64. The third-order valence-electron chi connectivity index (χ3n) is 5.34. The molecule has 4 rings (SSSR count). The van der Waals surface area contributed by atoms with E-state index in [0.29, 0.717) is 31.5 Å². The third kappa shape index (κ3) is 3.80. The van der Waals surface area contributed by atoms with Crippen molar-refractivity contribution in [3.05, 3.63) is 29.1 Å². The van der Waals surface area contributed by atoms with E-state index in [1.807, 2.05) is 28.5 Å². The van der Waals surface area contributed by atoms with Crippen LogP contribution in [0.25, 0.3) is 11.3 Å². The Hall–Kier alpha value is -2.12.